The summed E-state index contributed by atoms with van der Waals surface area (Å²) in [7, 11) is 0. The Balaban J connectivity index is 1.67. The van der Waals surface area contributed by atoms with Crippen LogP contribution in [0.5, 0.6) is 0 Å². The summed E-state index contributed by atoms with van der Waals surface area (Å²) in [5.74, 6) is -0.918. The number of benzene rings is 1. The van der Waals surface area contributed by atoms with Gasteiger partial charge in [-0.2, -0.15) is 5.26 Å². The van der Waals surface area contributed by atoms with E-state index in [0.717, 1.165) is 20.1 Å². The molecular formula is C17H15BrN4O2S2. The predicted octanol–water partition coefficient (Wildman–Crippen LogP) is 3.82. The van der Waals surface area contributed by atoms with Crippen LogP contribution < -0.4 is 10.2 Å². The Hall–Kier alpha value is -1.89. The molecule has 0 aliphatic carbocycles. The lowest BCUT2D eigenvalue weighted by Gasteiger charge is -2.16. The standard InChI is InChI=1S/C17H15BrN4O2S2/c1-10-16(25-8-6-19)26-17(20-10)21-14(23)13-5-7-22(15(13)24)12-4-2-3-11(18)9-12/h2-4,9,13H,5,7-8H2,1H3,(H,20,21,23). The first-order valence-corrected chi connectivity index (χ1v) is 10.4. The molecule has 2 aromatic rings. The van der Waals surface area contributed by atoms with E-state index in [1.165, 1.54) is 23.1 Å². The Kier molecular flexibility index (Phi) is 5.96. The van der Waals surface area contributed by atoms with Crippen molar-refractivity contribution >= 4 is 61.7 Å². The van der Waals surface area contributed by atoms with Crippen molar-refractivity contribution in [2.75, 3.05) is 22.5 Å². The van der Waals surface area contributed by atoms with E-state index in [4.69, 9.17) is 5.26 Å². The maximum Gasteiger partial charge on any atom is 0.239 e. The van der Waals surface area contributed by atoms with E-state index in [1.807, 2.05) is 31.2 Å². The average molecular weight is 451 g/mol. The van der Waals surface area contributed by atoms with E-state index in [1.54, 1.807) is 4.90 Å². The van der Waals surface area contributed by atoms with Gasteiger partial charge in [-0.3, -0.25) is 9.59 Å². The number of nitriles is 1. The van der Waals surface area contributed by atoms with Crippen LogP contribution in [0.2, 0.25) is 0 Å². The Morgan fingerprint density at radius 3 is 3.12 bits per heavy atom. The van der Waals surface area contributed by atoms with Crippen LogP contribution in [0, 0.1) is 24.2 Å². The second-order valence-electron chi connectivity index (χ2n) is 5.64. The van der Waals surface area contributed by atoms with Gasteiger partial charge in [0.25, 0.3) is 0 Å². The number of hydrogen-bond donors (Lipinski definition) is 1. The highest BCUT2D eigenvalue weighted by atomic mass is 79.9. The Bertz CT molecular complexity index is 893. The molecule has 1 aliphatic rings. The number of anilines is 2. The number of thiazole rings is 1. The van der Waals surface area contributed by atoms with Crippen molar-refractivity contribution in [1.29, 1.82) is 5.26 Å². The van der Waals surface area contributed by atoms with E-state index in [2.05, 4.69) is 32.3 Å². The van der Waals surface area contributed by atoms with Crippen LogP contribution in [0.25, 0.3) is 0 Å². The number of nitrogens with zero attached hydrogens (tertiary/aromatic N) is 3. The molecule has 1 N–H and O–H groups in total. The van der Waals surface area contributed by atoms with Crippen LogP contribution in [-0.2, 0) is 9.59 Å². The molecule has 1 atom stereocenters. The van der Waals surface area contributed by atoms with Gasteiger partial charge < -0.3 is 10.2 Å². The maximum absolute atomic E-state index is 12.7. The molecule has 1 fully saturated rings. The highest BCUT2D eigenvalue weighted by Gasteiger charge is 2.38. The molecule has 134 valence electrons. The van der Waals surface area contributed by atoms with Gasteiger partial charge in [0, 0.05) is 16.7 Å². The van der Waals surface area contributed by atoms with Crippen LogP contribution in [0.3, 0.4) is 0 Å². The third-order valence-electron chi connectivity index (χ3n) is 3.89. The second-order valence-corrected chi connectivity index (χ2v) is 8.80. The van der Waals surface area contributed by atoms with Crippen LogP contribution >= 0.6 is 39.0 Å². The zero-order valence-corrected chi connectivity index (χ0v) is 17.1. The van der Waals surface area contributed by atoms with Crippen LogP contribution in [0.1, 0.15) is 12.1 Å². The molecule has 26 heavy (non-hydrogen) atoms. The van der Waals surface area contributed by atoms with E-state index >= 15 is 0 Å². The van der Waals surface area contributed by atoms with Crippen molar-refractivity contribution in [3.63, 3.8) is 0 Å². The summed E-state index contributed by atoms with van der Waals surface area (Å²) in [6, 6.07) is 9.53. The number of nitrogens with one attached hydrogen (secondary N) is 1. The number of amides is 2. The smallest absolute Gasteiger partial charge is 0.239 e. The topological polar surface area (TPSA) is 86.1 Å². The second kappa shape index (κ2) is 8.20. The van der Waals surface area contributed by atoms with Gasteiger partial charge in [-0.25, -0.2) is 4.98 Å². The summed E-state index contributed by atoms with van der Waals surface area (Å²) in [6.45, 7) is 2.34. The van der Waals surface area contributed by atoms with Crippen LogP contribution in [0.15, 0.2) is 32.9 Å². The Labute approximate surface area is 167 Å². The lowest BCUT2D eigenvalue weighted by molar-refractivity contribution is -0.129. The molecule has 2 heterocycles. The fraction of sp³-hybridized carbons (Fsp3) is 0.294. The Morgan fingerprint density at radius 2 is 2.38 bits per heavy atom. The fourth-order valence-corrected chi connectivity index (χ4v) is 4.87. The van der Waals surface area contributed by atoms with Gasteiger partial charge in [-0.05, 0) is 31.5 Å². The first-order chi connectivity index (χ1) is 12.5. The van der Waals surface area contributed by atoms with Crippen molar-refractivity contribution in [3.05, 3.63) is 34.4 Å². The molecule has 0 bridgehead atoms. The summed E-state index contributed by atoms with van der Waals surface area (Å²) >= 11 is 6.11. The molecule has 0 saturated carbocycles. The van der Waals surface area contributed by atoms with Crippen molar-refractivity contribution in [2.45, 2.75) is 17.6 Å². The number of halogens is 1. The minimum Gasteiger partial charge on any atom is -0.312 e. The first-order valence-electron chi connectivity index (χ1n) is 7.84. The molecule has 2 amide bonds. The third kappa shape index (κ3) is 4.09. The van der Waals surface area contributed by atoms with E-state index in [0.29, 0.717) is 23.8 Å². The number of aryl methyl sites for hydroxylation is 1. The molecule has 1 unspecified atom stereocenters. The summed E-state index contributed by atoms with van der Waals surface area (Å²) < 4.78 is 1.78. The minimum atomic E-state index is -0.714. The number of rotatable bonds is 5. The van der Waals surface area contributed by atoms with Gasteiger partial charge in [0.2, 0.25) is 11.8 Å². The normalized spacial score (nSPS) is 16.6. The molecular weight excluding hydrogens is 436 g/mol. The van der Waals surface area contributed by atoms with Crippen molar-refractivity contribution in [1.82, 2.24) is 4.98 Å². The predicted molar refractivity (Wildman–Crippen MR) is 106 cm³/mol. The molecule has 1 saturated heterocycles. The van der Waals surface area contributed by atoms with Crippen molar-refractivity contribution < 1.29 is 9.59 Å². The number of carbonyl (C=O) groups excluding carboxylic acids is 2. The number of carbonyl (C=O) groups is 2. The molecule has 1 aromatic heterocycles. The molecule has 1 aliphatic heterocycles. The van der Waals surface area contributed by atoms with Gasteiger partial charge in [0.1, 0.15) is 5.92 Å². The first kappa shape index (κ1) is 18.9. The van der Waals surface area contributed by atoms with Gasteiger partial charge in [0.15, 0.2) is 5.13 Å². The minimum absolute atomic E-state index is 0.201. The quantitative estimate of drug-likeness (QED) is 0.552. The molecule has 6 nitrogen and oxygen atoms in total. The van der Waals surface area contributed by atoms with Gasteiger partial charge >= 0.3 is 0 Å². The molecule has 3 rings (SSSR count). The van der Waals surface area contributed by atoms with E-state index < -0.39 is 5.92 Å². The molecule has 0 spiro atoms. The molecule has 9 heteroatoms. The highest BCUT2D eigenvalue weighted by molar-refractivity contribution is 9.10. The maximum atomic E-state index is 12.7. The van der Waals surface area contributed by atoms with E-state index in [-0.39, 0.29) is 11.8 Å². The zero-order valence-electron chi connectivity index (χ0n) is 13.9. The number of hydrogen-bond acceptors (Lipinski definition) is 6. The monoisotopic (exact) mass is 450 g/mol. The summed E-state index contributed by atoms with van der Waals surface area (Å²) in [6.07, 6.45) is 0.470. The van der Waals surface area contributed by atoms with Crippen LogP contribution in [-0.4, -0.2) is 29.1 Å². The Morgan fingerprint density at radius 1 is 1.58 bits per heavy atom. The number of aromatic nitrogens is 1. The largest absolute Gasteiger partial charge is 0.312 e. The lowest BCUT2D eigenvalue weighted by Crippen LogP contribution is -2.33. The summed E-state index contributed by atoms with van der Waals surface area (Å²) in [4.78, 5) is 31.1. The number of thioether (sulfide) groups is 1. The zero-order chi connectivity index (χ0) is 18.7. The van der Waals surface area contributed by atoms with Gasteiger partial charge in [0.05, 0.1) is 21.7 Å². The SMILES string of the molecule is Cc1nc(NC(=O)C2CCN(c3cccc(Br)c3)C2=O)sc1SCC#N. The summed E-state index contributed by atoms with van der Waals surface area (Å²) in [5.41, 5.74) is 1.55. The van der Waals surface area contributed by atoms with Gasteiger partial charge in [-0.15, -0.1) is 0 Å². The average Bonchev–Trinajstić information content (AvgIpc) is 3.15. The molecule has 0 radical (unpaired) electrons. The fourth-order valence-electron chi connectivity index (χ4n) is 2.68. The highest BCUT2D eigenvalue weighted by Crippen LogP contribution is 2.33. The lowest BCUT2D eigenvalue weighted by atomic mass is 10.1. The van der Waals surface area contributed by atoms with Crippen molar-refractivity contribution in [2.24, 2.45) is 5.92 Å². The van der Waals surface area contributed by atoms with E-state index in [9.17, 15) is 9.59 Å². The van der Waals surface area contributed by atoms with Crippen LogP contribution in [0.4, 0.5) is 10.8 Å². The summed E-state index contributed by atoms with van der Waals surface area (Å²) in [5, 5.41) is 11.9. The van der Waals surface area contributed by atoms with Gasteiger partial charge in [-0.1, -0.05) is 45.1 Å². The molecule has 1 aromatic carbocycles. The van der Waals surface area contributed by atoms with Crippen molar-refractivity contribution in [3.8, 4) is 6.07 Å². The third-order valence-corrected chi connectivity index (χ3v) is 6.69.